The Morgan fingerprint density at radius 3 is 2.88 bits per heavy atom. The third-order valence-electron chi connectivity index (χ3n) is 3.26. The van der Waals surface area contributed by atoms with E-state index in [1.807, 2.05) is 12.1 Å². The first-order chi connectivity index (χ1) is 8.33. The Labute approximate surface area is 100 Å². The SMILES string of the molecule is O=C1OCc2cc(CN3CCOCC3)ccc21. The zero-order valence-electron chi connectivity index (χ0n) is 9.65. The van der Waals surface area contributed by atoms with Crippen LogP contribution >= 0.6 is 0 Å². The topological polar surface area (TPSA) is 38.8 Å². The first kappa shape index (κ1) is 10.7. The van der Waals surface area contributed by atoms with E-state index in [0.29, 0.717) is 6.61 Å². The van der Waals surface area contributed by atoms with Crippen LogP contribution in [0, 0.1) is 0 Å². The first-order valence-corrected chi connectivity index (χ1v) is 5.92. The summed E-state index contributed by atoms with van der Waals surface area (Å²) in [6, 6.07) is 5.97. The molecule has 4 nitrogen and oxygen atoms in total. The lowest BCUT2D eigenvalue weighted by Gasteiger charge is -2.26. The van der Waals surface area contributed by atoms with Gasteiger partial charge in [0, 0.05) is 25.2 Å². The largest absolute Gasteiger partial charge is 0.457 e. The van der Waals surface area contributed by atoms with Crippen LogP contribution in [0.15, 0.2) is 18.2 Å². The maximum Gasteiger partial charge on any atom is 0.338 e. The van der Waals surface area contributed by atoms with Crippen molar-refractivity contribution in [2.24, 2.45) is 0 Å². The molecule has 1 aromatic carbocycles. The molecule has 0 amide bonds. The normalized spacial score (nSPS) is 20.1. The summed E-state index contributed by atoms with van der Waals surface area (Å²) in [5, 5.41) is 0. The second-order valence-electron chi connectivity index (χ2n) is 4.46. The van der Waals surface area contributed by atoms with E-state index in [1.54, 1.807) is 0 Å². The van der Waals surface area contributed by atoms with Gasteiger partial charge in [-0.25, -0.2) is 4.79 Å². The van der Waals surface area contributed by atoms with Crippen LogP contribution in [-0.2, 0) is 22.6 Å². The molecule has 17 heavy (non-hydrogen) atoms. The number of nitrogens with zero attached hydrogens (tertiary/aromatic N) is 1. The number of hydrogen-bond donors (Lipinski definition) is 0. The summed E-state index contributed by atoms with van der Waals surface area (Å²) in [6.45, 7) is 4.92. The monoisotopic (exact) mass is 233 g/mol. The quantitative estimate of drug-likeness (QED) is 0.719. The van der Waals surface area contributed by atoms with Gasteiger partial charge in [-0.15, -0.1) is 0 Å². The van der Waals surface area contributed by atoms with Gasteiger partial charge in [-0.05, 0) is 11.6 Å². The molecule has 4 heteroatoms. The van der Waals surface area contributed by atoms with Crippen molar-refractivity contribution >= 4 is 5.97 Å². The van der Waals surface area contributed by atoms with Crippen molar-refractivity contribution in [2.45, 2.75) is 13.2 Å². The fraction of sp³-hybridized carbons (Fsp3) is 0.462. The van der Waals surface area contributed by atoms with Crippen LogP contribution in [0.3, 0.4) is 0 Å². The molecule has 0 aromatic heterocycles. The molecule has 2 aliphatic rings. The summed E-state index contributed by atoms with van der Waals surface area (Å²) in [7, 11) is 0. The summed E-state index contributed by atoms with van der Waals surface area (Å²) in [5.74, 6) is -0.196. The van der Waals surface area contributed by atoms with Gasteiger partial charge >= 0.3 is 5.97 Å². The Balaban J connectivity index is 1.73. The third kappa shape index (κ3) is 2.18. The number of rotatable bonds is 2. The predicted molar refractivity (Wildman–Crippen MR) is 61.7 cm³/mol. The highest BCUT2D eigenvalue weighted by Crippen LogP contribution is 2.21. The van der Waals surface area contributed by atoms with Crippen LogP contribution in [0.5, 0.6) is 0 Å². The molecule has 0 saturated carbocycles. The highest BCUT2D eigenvalue weighted by atomic mass is 16.5. The van der Waals surface area contributed by atoms with Gasteiger partial charge in [0.2, 0.25) is 0 Å². The molecule has 0 unspecified atom stereocenters. The summed E-state index contributed by atoms with van der Waals surface area (Å²) >= 11 is 0. The number of cyclic esters (lactones) is 1. The molecule has 1 fully saturated rings. The van der Waals surface area contributed by atoms with Crippen LogP contribution in [0.4, 0.5) is 0 Å². The molecule has 1 aromatic rings. The fourth-order valence-electron chi connectivity index (χ4n) is 2.30. The van der Waals surface area contributed by atoms with E-state index in [4.69, 9.17) is 9.47 Å². The van der Waals surface area contributed by atoms with E-state index in [1.165, 1.54) is 5.56 Å². The van der Waals surface area contributed by atoms with E-state index in [-0.39, 0.29) is 5.97 Å². The lowest BCUT2D eigenvalue weighted by Crippen LogP contribution is -2.35. The molecule has 90 valence electrons. The summed E-state index contributed by atoms with van der Waals surface area (Å²) in [6.07, 6.45) is 0. The molecule has 0 bridgehead atoms. The minimum Gasteiger partial charge on any atom is -0.457 e. The third-order valence-corrected chi connectivity index (χ3v) is 3.26. The average Bonchev–Trinajstić information content (AvgIpc) is 2.72. The van der Waals surface area contributed by atoms with Gasteiger partial charge in [0.15, 0.2) is 0 Å². The maximum atomic E-state index is 11.3. The number of hydrogen-bond acceptors (Lipinski definition) is 4. The molecule has 2 heterocycles. The Morgan fingerprint density at radius 2 is 2.06 bits per heavy atom. The lowest BCUT2D eigenvalue weighted by molar-refractivity contribution is 0.0341. The second kappa shape index (κ2) is 4.47. The average molecular weight is 233 g/mol. The van der Waals surface area contributed by atoms with Crippen molar-refractivity contribution in [1.82, 2.24) is 4.90 Å². The maximum absolute atomic E-state index is 11.3. The molecule has 0 aliphatic carbocycles. The predicted octanol–water partition coefficient (Wildman–Crippen LogP) is 1.19. The van der Waals surface area contributed by atoms with Crippen LogP contribution < -0.4 is 0 Å². The molecule has 1 saturated heterocycles. The van der Waals surface area contributed by atoms with Crippen molar-refractivity contribution < 1.29 is 14.3 Å². The number of fused-ring (bicyclic) bond motifs is 1. The van der Waals surface area contributed by atoms with Gasteiger partial charge < -0.3 is 9.47 Å². The van der Waals surface area contributed by atoms with E-state index >= 15 is 0 Å². The van der Waals surface area contributed by atoms with Crippen molar-refractivity contribution in [3.63, 3.8) is 0 Å². The molecule has 2 aliphatic heterocycles. The van der Waals surface area contributed by atoms with Crippen molar-refractivity contribution in [2.75, 3.05) is 26.3 Å². The standard InChI is InChI=1S/C13H15NO3/c15-13-12-2-1-10(7-11(12)9-17-13)8-14-3-5-16-6-4-14/h1-2,7H,3-6,8-9H2. The zero-order valence-corrected chi connectivity index (χ0v) is 9.65. The van der Waals surface area contributed by atoms with Crippen molar-refractivity contribution in [3.8, 4) is 0 Å². The van der Waals surface area contributed by atoms with Crippen molar-refractivity contribution in [1.29, 1.82) is 0 Å². The number of ether oxygens (including phenoxy) is 2. The number of esters is 1. The van der Waals surface area contributed by atoms with E-state index < -0.39 is 0 Å². The van der Waals surface area contributed by atoms with Crippen molar-refractivity contribution in [3.05, 3.63) is 34.9 Å². The summed E-state index contributed by atoms with van der Waals surface area (Å²) in [4.78, 5) is 13.7. The van der Waals surface area contributed by atoms with E-state index in [9.17, 15) is 4.79 Å². The molecule has 0 radical (unpaired) electrons. The molecular weight excluding hydrogens is 218 g/mol. The van der Waals surface area contributed by atoms with Crippen LogP contribution in [-0.4, -0.2) is 37.2 Å². The van der Waals surface area contributed by atoms with E-state index in [0.717, 1.165) is 44.0 Å². The molecular formula is C13H15NO3. The molecule has 0 spiro atoms. The van der Waals surface area contributed by atoms with E-state index in [2.05, 4.69) is 11.0 Å². The lowest BCUT2D eigenvalue weighted by atomic mass is 10.1. The molecule has 0 N–H and O–H groups in total. The van der Waals surface area contributed by atoms with Crippen LogP contribution in [0.1, 0.15) is 21.5 Å². The number of morpholine rings is 1. The molecule has 3 rings (SSSR count). The highest BCUT2D eigenvalue weighted by Gasteiger charge is 2.21. The Kier molecular flexibility index (Phi) is 2.82. The summed E-state index contributed by atoms with van der Waals surface area (Å²) < 4.78 is 10.3. The van der Waals surface area contributed by atoms with Crippen LogP contribution in [0.2, 0.25) is 0 Å². The fourth-order valence-corrected chi connectivity index (χ4v) is 2.30. The first-order valence-electron chi connectivity index (χ1n) is 5.92. The zero-order chi connectivity index (χ0) is 11.7. The Morgan fingerprint density at radius 1 is 1.24 bits per heavy atom. The summed E-state index contributed by atoms with van der Waals surface area (Å²) in [5.41, 5.74) is 2.97. The van der Waals surface area contributed by atoms with Crippen LogP contribution in [0.25, 0.3) is 0 Å². The Hall–Kier alpha value is -1.39. The van der Waals surface area contributed by atoms with Gasteiger partial charge in [-0.3, -0.25) is 4.90 Å². The second-order valence-corrected chi connectivity index (χ2v) is 4.46. The minimum absolute atomic E-state index is 0.196. The number of carbonyl (C=O) groups excluding carboxylic acids is 1. The molecule has 0 atom stereocenters. The minimum atomic E-state index is -0.196. The number of benzene rings is 1. The Bertz CT molecular complexity index is 438. The smallest absolute Gasteiger partial charge is 0.338 e. The van der Waals surface area contributed by atoms with Gasteiger partial charge in [0.1, 0.15) is 6.61 Å². The van der Waals surface area contributed by atoms with Gasteiger partial charge in [-0.2, -0.15) is 0 Å². The van der Waals surface area contributed by atoms with Gasteiger partial charge in [-0.1, -0.05) is 12.1 Å². The number of carbonyl (C=O) groups is 1. The van der Waals surface area contributed by atoms with Gasteiger partial charge in [0.25, 0.3) is 0 Å². The van der Waals surface area contributed by atoms with Gasteiger partial charge in [0.05, 0.1) is 18.8 Å². The highest BCUT2D eigenvalue weighted by molar-refractivity contribution is 5.93.